The average Bonchev–Trinajstić information content (AvgIpc) is 2.40. The lowest BCUT2D eigenvalue weighted by Gasteiger charge is -2.25. The van der Waals surface area contributed by atoms with E-state index in [4.69, 9.17) is 5.73 Å². The first-order chi connectivity index (χ1) is 9.45. The molecular weight excluding hydrogens is 260 g/mol. The Balaban J connectivity index is 2.58. The zero-order chi connectivity index (χ0) is 15.1. The zero-order valence-corrected chi connectivity index (χ0v) is 12.6. The van der Waals surface area contributed by atoms with E-state index in [2.05, 4.69) is 9.80 Å². The highest BCUT2D eigenvalue weighted by atomic mass is 19.2. The Labute approximate surface area is 120 Å². The predicted octanol–water partition coefficient (Wildman–Crippen LogP) is 2.24. The predicted molar refractivity (Wildman–Crippen MR) is 78.6 cm³/mol. The molecule has 0 aliphatic heterocycles. The maximum absolute atomic E-state index is 13.7. The number of rotatable bonds is 8. The molecule has 1 atom stereocenters. The number of hydrogen-bond donors (Lipinski definition) is 1. The molecule has 1 rings (SSSR count). The van der Waals surface area contributed by atoms with Crippen molar-refractivity contribution in [2.75, 3.05) is 40.3 Å². The van der Waals surface area contributed by atoms with Gasteiger partial charge in [-0.15, -0.1) is 0 Å². The van der Waals surface area contributed by atoms with Gasteiger partial charge in [0.25, 0.3) is 0 Å². The van der Waals surface area contributed by atoms with Gasteiger partial charge in [-0.25, -0.2) is 8.78 Å². The second-order valence-electron chi connectivity index (χ2n) is 5.30. The molecule has 0 amide bonds. The molecule has 1 aromatic rings. The van der Waals surface area contributed by atoms with E-state index in [1.807, 2.05) is 21.0 Å². The Hall–Kier alpha value is -1.04. The third-order valence-electron chi connectivity index (χ3n) is 3.36. The Kier molecular flexibility index (Phi) is 7.05. The quantitative estimate of drug-likeness (QED) is 0.795. The topological polar surface area (TPSA) is 32.5 Å². The first kappa shape index (κ1) is 17.0. The molecule has 5 heteroatoms. The van der Waals surface area contributed by atoms with Gasteiger partial charge in [-0.3, -0.25) is 0 Å². The zero-order valence-electron chi connectivity index (χ0n) is 12.6. The first-order valence-electron chi connectivity index (χ1n) is 7.02. The summed E-state index contributed by atoms with van der Waals surface area (Å²) in [6.45, 7) is 5.33. The number of benzene rings is 1. The summed E-state index contributed by atoms with van der Waals surface area (Å²) in [6, 6.07) is 3.65. The highest BCUT2D eigenvalue weighted by Crippen LogP contribution is 2.18. The van der Waals surface area contributed by atoms with Crippen LogP contribution in [0, 0.1) is 11.6 Å². The van der Waals surface area contributed by atoms with Gasteiger partial charge in [-0.1, -0.05) is 19.1 Å². The standard InChI is InChI=1S/C15H25F2N3/c1-4-20(10-6-9-19(2)3)11-14(18)12-7-5-8-13(16)15(12)17/h5,7-8,14H,4,6,9-11,18H2,1-3H3. The SMILES string of the molecule is CCN(CCCN(C)C)CC(N)c1cccc(F)c1F. The molecule has 0 fully saturated rings. The molecule has 1 unspecified atom stereocenters. The van der Waals surface area contributed by atoms with Crippen molar-refractivity contribution in [2.45, 2.75) is 19.4 Å². The highest BCUT2D eigenvalue weighted by molar-refractivity contribution is 5.22. The largest absolute Gasteiger partial charge is 0.323 e. The molecule has 2 N–H and O–H groups in total. The van der Waals surface area contributed by atoms with E-state index in [0.29, 0.717) is 6.54 Å². The fraction of sp³-hybridized carbons (Fsp3) is 0.600. The summed E-state index contributed by atoms with van der Waals surface area (Å²) >= 11 is 0. The summed E-state index contributed by atoms with van der Waals surface area (Å²) in [6.07, 6.45) is 1.03. The molecule has 1 aromatic carbocycles. The monoisotopic (exact) mass is 285 g/mol. The summed E-state index contributed by atoms with van der Waals surface area (Å²) in [5.41, 5.74) is 6.26. The van der Waals surface area contributed by atoms with E-state index in [1.165, 1.54) is 6.07 Å². The molecule has 0 aliphatic carbocycles. The minimum Gasteiger partial charge on any atom is -0.323 e. The summed E-state index contributed by atoms with van der Waals surface area (Å²) in [5.74, 6) is -1.67. The Morgan fingerprint density at radius 1 is 1.20 bits per heavy atom. The molecule has 20 heavy (non-hydrogen) atoms. The van der Waals surface area contributed by atoms with Crippen LogP contribution in [0.1, 0.15) is 24.9 Å². The van der Waals surface area contributed by atoms with Gasteiger partial charge in [-0.05, 0) is 46.2 Å². The Morgan fingerprint density at radius 2 is 1.90 bits per heavy atom. The smallest absolute Gasteiger partial charge is 0.163 e. The lowest BCUT2D eigenvalue weighted by molar-refractivity contribution is 0.251. The summed E-state index contributed by atoms with van der Waals surface area (Å²) in [5, 5.41) is 0. The van der Waals surface area contributed by atoms with Crippen LogP contribution in [0.25, 0.3) is 0 Å². The highest BCUT2D eigenvalue weighted by Gasteiger charge is 2.17. The van der Waals surface area contributed by atoms with Crippen molar-refractivity contribution >= 4 is 0 Å². The molecule has 3 nitrogen and oxygen atoms in total. The number of nitrogens with zero attached hydrogens (tertiary/aromatic N) is 2. The number of likely N-dealkylation sites (N-methyl/N-ethyl adjacent to an activating group) is 1. The van der Waals surface area contributed by atoms with Gasteiger partial charge in [0.2, 0.25) is 0 Å². The van der Waals surface area contributed by atoms with Gasteiger partial charge in [0.05, 0.1) is 0 Å². The molecule has 0 aromatic heterocycles. The van der Waals surface area contributed by atoms with Gasteiger partial charge in [-0.2, -0.15) is 0 Å². The van der Waals surface area contributed by atoms with Crippen LogP contribution in [0.15, 0.2) is 18.2 Å². The van der Waals surface area contributed by atoms with Crippen LogP contribution in [0.3, 0.4) is 0 Å². The summed E-state index contributed by atoms with van der Waals surface area (Å²) in [7, 11) is 4.06. The third-order valence-corrected chi connectivity index (χ3v) is 3.36. The normalized spacial score (nSPS) is 13.2. The maximum Gasteiger partial charge on any atom is 0.163 e. The van der Waals surface area contributed by atoms with Gasteiger partial charge in [0.1, 0.15) is 0 Å². The van der Waals surface area contributed by atoms with Crippen LogP contribution in [-0.2, 0) is 0 Å². The van der Waals surface area contributed by atoms with Crippen molar-refractivity contribution in [2.24, 2.45) is 5.73 Å². The molecular formula is C15H25F2N3. The number of halogens is 2. The second kappa shape index (κ2) is 8.29. The van der Waals surface area contributed by atoms with E-state index >= 15 is 0 Å². The van der Waals surface area contributed by atoms with Crippen molar-refractivity contribution < 1.29 is 8.78 Å². The van der Waals surface area contributed by atoms with E-state index in [1.54, 1.807) is 6.07 Å². The molecule has 0 bridgehead atoms. The molecule has 0 radical (unpaired) electrons. The van der Waals surface area contributed by atoms with Crippen LogP contribution >= 0.6 is 0 Å². The molecule has 0 spiro atoms. The molecule has 0 heterocycles. The first-order valence-corrected chi connectivity index (χ1v) is 7.02. The second-order valence-corrected chi connectivity index (χ2v) is 5.30. The lowest BCUT2D eigenvalue weighted by Crippen LogP contribution is -2.34. The van der Waals surface area contributed by atoms with Gasteiger partial charge < -0.3 is 15.5 Å². The van der Waals surface area contributed by atoms with Gasteiger partial charge >= 0.3 is 0 Å². The summed E-state index contributed by atoms with van der Waals surface area (Å²) in [4.78, 5) is 4.29. The Bertz CT molecular complexity index is 410. The van der Waals surface area contributed by atoms with Crippen molar-refractivity contribution in [3.8, 4) is 0 Å². The van der Waals surface area contributed by atoms with Crippen LogP contribution in [0.4, 0.5) is 8.78 Å². The van der Waals surface area contributed by atoms with Gasteiger partial charge in [0.15, 0.2) is 11.6 Å². The van der Waals surface area contributed by atoms with Crippen LogP contribution in [0.5, 0.6) is 0 Å². The minimum absolute atomic E-state index is 0.246. The van der Waals surface area contributed by atoms with Crippen molar-refractivity contribution in [3.63, 3.8) is 0 Å². The van der Waals surface area contributed by atoms with E-state index in [-0.39, 0.29) is 5.56 Å². The Morgan fingerprint density at radius 3 is 2.50 bits per heavy atom. The molecule has 114 valence electrons. The van der Waals surface area contributed by atoms with Crippen molar-refractivity contribution in [1.82, 2.24) is 9.80 Å². The van der Waals surface area contributed by atoms with Crippen molar-refractivity contribution in [1.29, 1.82) is 0 Å². The molecule has 0 saturated heterocycles. The fourth-order valence-corrected chi connectivity index (χ4v) is 2.17. The van der Waals surface area contributed by atoms with Crippen LogP contribution in [0.2, 0.25) is 0 Å². The van der Waals surface area contributed by atoms with E-state index in [0.717, 1.165) is 32.1 Å². The molecule has 0 saturated carbocycles. The van der Waals surface area contributed by atoms with Gasteiger partial charge in [0, 0.05) is 18.2 Å². The fourth-order valence-electron chi connectivity index (χ4n) is 2.17. The lowest BCUT2D eigenvalue weighted by atomic mass is 10.1. The average molecular weight is 285 g/mol. The minimum atomic E-state index is -0.839. The summed E-state index contributed by atoms with van der Waals surface area (Å²) < 4.78 is 26.9. The van der Waals surface area contributed by atoms with Crippen molar-refractivity contribution in [3.05, 3.63) is 35.4 Å². The maximum atomic E-state index is 13.7. The van der Waals surface area contributed by atoms with E-state index in [9.17, 15) is 8.78 Å². The van der Waals surface area contributed by atoms with Crippen LogP contribution in [-0.4, -0.2) is 50.1 Å². The molecule has 0 aliphatic rings. The van der Waals surface area contributed by atoms with Crippen LogP contribution < -0.4 is 5.73 Å². The number of nitrogens with two attached hydrogens (primary N) is 1. The van der Waals surface area contributed by atoms with E-state index < -0.39 is 17.7 Å². The number of hydrogen-bond acceptors (Lipinski definition) is 3. The third kappa shape index (κ3) is 5.15.